The summed E-state index contributed by atoms with van der Waals surface area (Å²) < 4.78 is 1.18. The average molecular weight is 431 g/mol. The molecule has 0 aliphatic heterocycles. The lowest BCUT2D eigenvalue weighted by Crippen LogP contribution is -2.32. The highest BCUT2D eigenvalue weighted by Crippen LogP contribution is 2.21. The summed E-state index contributed by atoms with van der Waals surface area (Å²) in [4.78, 5) is 34.7. The van der Waals surface area contributed by atoms with Crippen LogP contribution < -0.4 is 11.2 Å². The third-order valence-electron chi connectivity index (χ3n) is 5.69. The van der Waals surface area contributed by atoms with E-state index in [2.05, 4.69) is 21.0 Å². The fourth-order valence-electron chi connectivity index (χ4n) is 3.82. The standard InChI is InChI=1S/C25H26N4O3/c1-2-19(14-18-15-27-22-11-7-6-10-20(18)22)26-16-21-23(30)28-25(32)29(24(21)31)13-12-17-8-4-3-5-9-17/h3-11,15-16,19,27,31H,2,12-14H2,1H3,(H,28,30,32)/t19-/m1/s1. The van der Waals surface area contributed by atoms with Crippen LogP contribution in [0.25, 0.3) is 10.9 Å². The number of hydrogen-bond acceptors (Lipinski definition) is 4. The van der Waals surface area contributed by atoms with Crippen molar-refractivity contribution in [3.05, 3.63) is 98.3 Å². The molecule has 164 valence electrons. The van der Waals surface area contributed by atoms with Crippen molar-refractivity contribution >= 4 is 17.1 Å². The zero-order valence-corrected chi connectivity index (χ0v) is 17.9. The molecule has 0 aliphatic rings. The summed E-state index contributed by atoms with van der Waals surface area (Å²) in [6.07, 6.45) is 5.38. The predicted molar refractivity (Wildman–Crippen MR) is 127 cm³/mol. The fourth-order valence-corrected chi connectivity index (χ4v) is 3.82. The fraction of sp³-hybridized carbons (Fsp3) is 0.240. The largest absolute Gasteiger partial charge is 0.494 e. The van der Waals surface area contributed by atoms with Crippen LogP contribution in [-0.4, -0.2) is 31.9 Å². The first-order valence-electron chi connectivity index (χ1n) is 10.7. The lowest BCUT2D eigenvalue weighted by Gasteiger charge is -2.11. The lowest BCUT2D eigenvalue weighted by atomic mass is 10.0. The smallest absolute Gasteiger partial charge is 0.331 e. The van der Waals surface area contributed by atoms with Crippen molar-refractivity contribution in [3.8, 4) is 5.88 Å². The zero-order chi connectivity index (χ0) is 22.5. The highest BCUT2D eigenvalue weighted by Gasteiger charge is 2.14. The second kappa shape index (κ2) is 9.51. The van der Waals surface area contributed by atoms with Crippen LogP contribution in [-0.2, 0) is 19.4 Å². The Morgan fingerprint density at radius 2 is 1.84 bits per heavy atom. The van der Waals surface area contributed by atoms with Crippen LogP contribution in [0, 0.1) is 0 Å². The van der Waals surface area contributed by atoms with Crippen molar-refractivity contribution in [1.29, 1.82) is 0 Å². The number of nitrogens with one attached hydrogen (secondary N) is 2. The number of benzene rings is 2. The van der Waals surface area contributed by atoms with Crippen LogP contribution in [0.4, 0.5) is 0 Å². The minimum Gasteiger partial charge on any atom is -0.494 e. The highest BCUT2D eigenvalue weighted by molar-refractivity contribution is 5.83. The number of hydrogen-bond donors (Lipinski definition) is 3. The molecule has 2 aromatic heterocycles. The Morgan fingerprint density at radius 3 is 2.62 bits per heavy atom. The SMILES string of the molecule is CC[C@H](Cc1c[nH]c2ccccc12)N=Cc1c(O)n(CCc2ccccc2)c(=O)[nH]c1=O. The molecule has 2 heterocycles. The highest BCUT2D eigenvalue weighted by atomic mass is 16.3. The van der Waals surface area contributed by atoms with Crippen molar-refractivity contribution in [3.63, 3.8) is 0 Å². The molecule has 0 spiro atoms. The maximum Gasteiger partial charge on any atom is 0.331 e. The summed E-state index contributed by atoms with van der Waals surface area (Å²) in [6.45, 7) is 2.28. The number of para-hydroxylation sites is 1. The molecule has 0 radical (unpaired) electrons. The first-order valence-corrected chi connectivity index (χ1v) is 10.7. The van der Waals surface area contributed by atoms with Gasteiger partial charge in [0.1, 0.15) is 5.56 Å². The molecular weight excluding hydrogens is 404 g/mol. The Kier molecular flexibility index (Phi) is 6.35. The van der Waals surface area contributed by atoms with Crippen LogP contribution in [0.3, 0.4) is 0 Å². The Bertz CT molecular complexity index is 1350. The molecule has 0 fully saturated rings. The summed E-state index contributed by atoms with van der Waals surface area (Å²) in [5.74, 6) is -0.361. The number of rotatable bonds is 8. The molecule has 4 rings (SSSR count). The first kappa shape index (κ1) is 21.4. The van der Waals surface area contributed by atoms with Gasteiger partial charge < -0.3 is 10.1 Å². The molecule has 7 nitrogen and oxygen atoms in total. The second-order valence-corrected chi connectivity index (χ2v) is 7.79. The van der Waals surface area contributed by atoms with Crippen molar-refractivity contribution in [2.24, 2.45) is 4.99 Å². The van der Waals surface area contributed by atoms with Crippen LogP contribution in [0.5, 0.6) is 5.88 Å². The van der Waals surface area contributed by atoms with Crippen LogP contribution in [0.1, 0.15) is 30.0 Å². The van der Waals surface area contributed by atoms with Crippen molar-refractivity contribution in [2.75, 3.05) is 0 Å². The number of aliphatic imine (C=N–C) groups is 1. The maximum absolute atomic E-state index is 12.4. The lowest BCUT2D eigenvalue weighted by molar-refractivity contribution is 0.399. The summed E-state index contributed by atoms with van der Waals surface area (Å²) in [5.41, 5.74) is 1.97. The Labute approximate surface area is 185 Å². The van der Waals surface area contributed by atoms with E-state index >= 15 is 0 Å². The Balaban J connectivity index is 1.56. The second-order valence-electron chi connectivity index (χ2n) is 7.79. The van der Waals surface area contributed by atoms with E-state index in [-0.39, 0.29) is 24.0 Å². The van der Waals surface area contributed by atoms with E-state index < -0.39 is 11.2 Å². The number of aromatic amines is 2. The van der Waals surface area contributed by atoms with Gasteiger partial charge in [-0.25, -0.2) is 4.79 Å². The molecule has 7 heteroatoms. The average Bonchev–Trinajstić information content (AvgIpc) is 3.21. The molecule has 0 saturated heterocycles. The molecule has 0 bridgehead atoms. The van der Waals surface area contributed by atoms with Crippen molar-refractivity contribution in [1.82, 2.24) is 14.5 Å². The molecule has 2 aromatic carbocycles. The molecular formula is C25H26N4O3. The molecule has 32 heavy (non-hydrogen) atoms. The van der Waals surface area contributed by atoms with Gasteiger partial charge in [-0.2, -0.15) is 0 Å². The number of nitrogens with zero attached hydrogens (tertiary/aromatic N) is 2. The van der Waals surface area contributed by atoms with E-state index in [4.69, 9.17) is 0 Å². The van der Waals surface area contributed by atoms with E-state index in [1.807, 2.05) is 61.7 Å². The summed E-state index contributed by atoms with van der Waals surface area (Å²) in [7, 11) is 0. The third-order valence-corrected chi connectivity index (χ3v) is 5.69. The van der Waals surface area contributed by atoms with Crippen LogP contribution in [0.2, 0.25) is 0 Å². The van der Waals surface area contributed by atoms with Crippen LogP contribution in [0.15, 0.2) is 75.4 Å². The number of aryl methyl sites for hydroxylation is 1. The molecule has 0 amide bonds. The Morgan fingerprint density at radius 1 is 1.09 bits per heavy atom. The zero-order valence-electron chi connectivity index (χ0n) is 17.9. The quantitative estimate of drug-likeness (QED) is 0.373. The monoisotopic (exact) mass is 430 g/mol. The van der Waals surface area contributed by atoms with Gasteiger partial charge in [-0.05, 0) is 36.5 Å². The van der Waals surface area contributed by atoms with Gasteiger partial charge in [0, 0.05) is 29.9 Å². The van der Waals surface area contributed by atoms with E-state index in [1.54, 1.807) is 0 Å². The van der Waals surface area contributed by atoms with Gasteiger partial charge >= 0.3 is 5.69 Å². The van der Waals surface area contributed by atoms with Gasteiger partial charge in [0.05, 0.1) is 6.04 Å². The topological polar surface area (TPSA) is 103 Å². The minimum atomic E-state index is -0.644. The number of H-pyrrole nitrogens is 2. The van der Waals surface area contributed by atoms with Gasteiger partial charge in [-0.3, -0.25) is 19.3 Å². The first-order chi connectivity index (χ1) is 15.6. The summed E-state index contributed by atoms with van der Waals surface area (Å²) >= 11 is 0. The maximum atomic E-state index is 12.4. The van der Waals surface area contributed by atoms with E-state index in [9.17, 15) is 14.7 Å². The predicted octanol–water partition coefficient (Wildman–Crippen LogP) is 3.41. The van der Waals surface area contributed by atoms with Gasteiger partial charge in [0.25, 0.3) is 5.56 Å². The van der Waals surface area contributed by atoms with Gasteiger partial charge in [0.15, 0.2) is 0 Å². The van der Waals surface area contributed by atoms with Crippen LogP contribution >= 0.6 is 0 Å². The molecule has 0 unspecified atom stereocenters. The normalized spacial score (nSPS) is 12.5. The van der Waals surface area contributed by atoms with E-state index in [0.717, 1.165) is 28.5 Å². The molecule has 0 aliphatic carbocycles. The van der Waals surface area contributed by atoms with E-state index in [1.165, 1.54) is 10.8 Å². The number of aromatic hydroxyl groups is 1. The summed E-state index contributed by atoms with van der Waals surface area (Å²) in [5, 5.41) is 11.8. The third kappa shape index (κ3) is 4.56. The minimum absolute atomic E-state index is 0.00459. The molecule has 0 saturated carbocycles. The summed E-state index contributed by atoms with van der Waals surface area (Å²) in [6, 6.07) is 17.7. The molecule has 1 atom stereocenters. The van der Waals surface area contributed by atoms with Crippen molar-refractivity contribution < 1.29 is 5.11 Å². The Hall–Kier alpha value is -3.87. The van der Waals surface area contributed by atoms with Crippen molar-refractivity contribution in [2.45, 2.75) is 38.8 Å². The number of aromatic nitrogens is 3. The molecule has 3 N–H and O–H groups in total. The van der Waals surface area contributed by atoms with Gasteiger partial charge in [-0.1, -0.05) is 55.5 Å². The molecule has 4 aromatic rings. The van der Waals surface area contributed by atoms with Gasteiger partial charge in [0.2, 0.25) is 5.88 Å². The van der Waals surface area contributed by atoms with E-state index in [0.29, 0.717) is 12.8 Å². The van der Waals surface area contributed by atoms with Gasteiger partial charge in [-0.15, -0.1) is 0 Å². The number of fused-ring (bicyclic) bond motifs is 1.